The second kappa shape index (κ2) is 36.8. The number of Topliss-reactive ketones (excluding diaryl/α,β-unsaturated/α-hetero) is 4. The summed E-state index contributed by atoms with van der Waals surface area (Å²) >= 11 is 0. The van der Waals surface area contributed by atoms with Crippen molar-refractivity contribution in [1.82, 2.24) is 35.6 Å². The van der Waals surface area contributed by atoms with Crippen LogP contribution in [0.3, 0.4) is 0 Å². The lowest BCUT2D eigenvalue weighted by atomic mass is 9.83. The summed E-state index contributed by atoms with van der Waals surface area (Å²) in [6.45, 7) is 19.3. The normalized spacial score (nSPS) is 18.3. The molecule has 88 heavy (non-hydrogen) atoms. The number of likely N-dealkylation sites (N-methyl/N-ethyl adjacent to an activating group) is 2. The highest BCUT2D eigenvalue weighted by molar-refractivity contribution is 5.97. The van der Waals surface area contributed by atoms with Gasteiger partial charge in [0.1, 0.15) is 5.78 Å². The van der Waals surface area contributed by atoms with Crippen LogP contribution in [-0.4, -0.2) is 194 Å². The number of hydrogen-bond donors (Lipinski definition) is 4. The van der Waals surface area contributed by atoms with E-state index in [-0.39, 0.29) is 110 Å². The van der Waals surface area contributed by atoms with Crippen molar-refractivity contribution in [3.63, 3.8) is 0 Å². The topological polar surface area (TPSA) is 330 Å². The van der Waals surface area contributed by atoms with Crippen molar-refractivity contribution in [3.05, 3.63) is 45.8 Å². The summed E-state index contributed by atoms with van der Waals surface area (Å²) in [4.78, 5) is 156. The van der Waals surface area contributed by atoms with Gasteiger partial charge in [-0.15, -0.1) is 0 Å². The monoisotopic (exact) mass is 1230 g/mol. The number of rotatable bonds is 38. The Bertz CT molecular complexity index is 2590. The van der Waals surface area contributed by atoms with Gasteiger partial charge in [-0.2, -0.15) is 0 Å². The molecule has 24 nitrogen and oxygen atoms in total. The van der Waals surface area contributed by atoms with Gasteiger partial charge >= 0.3 is 0 Å². The number of piperidine rings is 1. The highest BCUT2D eigenvalue weighted by Gasteiger charge is 2.44. The van der Waals surface area contributed by atoms with E-state index in [2.05, 4.69) is 26.0 Å². The van der Waals surface area contributed by atoms with Crippen molar-refractivity contribution in [2.75, 3.05) is 61.5 Å². The number of ether oxygens (including phenoxy) is 2. The molecule has 0 radical (unpaired) electrons. The number of ketones is 4. The molecule has 0 spiro atoms. The zero-order chi connectivity index (χ0) is 66.3. The highest BCUT2D eigenvalue weighted by atomic mass is 16.5. The summed E-state index contributed by atoms with van der Waals surface area (Å²) in [5.74, 6) is -6.47. The maximum Gasteiger partial charge on any atom is 0.226 e. The standard InChI is InChI=1S/C64H103N11O13/c1-16-39(6)60(73(13)64(86)48(37(2)3)33-53(79)59(38(4)5)72(11)12)54(87-14)35-58(83)75-27-17-18-50(75)61(88-15)41(8)63(85)69-47(36-67-71-66)31-44-19-21-45(22-20-44)32-52(78)49(34-55(65)80)70-62(84)40(7)30-51(77)42(9)68-56(81)23-24-57(82)74-28-25-46(26-29-74)43(10)76/h19-22,37-42,46-50,54,59-61H,16-18,23-36H2,1-15H3,(H2,65,80)(H,68,81)(H,69,85)(H,70,84)/t39-,40+,41+,42-,47-,48-,49-,50-,54+,59-,60-,61+/m0/s1. The van der Waals surface area contributed by atoms with Gasteiger partial charge in [0.2, 0.25) is 41.4 Å². The maximum absolute atomic E-state index is 14.5. The number of hydrogen-bond acceptors (Lipinski definition) is 15. The zero-order valence-electron chi connectivity index (χ0n) is 55.0. The predicted octanol–water partition coefficient (Wildman–Crippen LogP) is 4.94. The fourth-order valence-electron chi connectivity index (χ4n) is 12.4. The molecule has 2 aliphatic rings. The quantitative estimate of drug-likeness (QED) is 0.0387. The summed E-state index contributed by atoms with van der Waals surface area (Å²) in [5, 5.41) is 11.9. The van der Waals surface area contributed by atoms with Crippen molar-refractivity contribution in [3.8, 4) is 0 Å². The van der Waals surface area contributed by atoms with Crippen molar-refractivity contribution in [2.45, 2.75) is 201 Å². The van der Waals surface area contributed by atoms with Crippen LogP contribution in [0.25, 0.3) is 10.4 Å². The molecule has 0 aliphatic carbocycles. The van der Waals surface area contributed by atoms with Crippen LogP contribution in [0.15, 0.2) is 29.4 Å². The Balaban J connectivity index is 1.65. The predicted molar refractivity (Wildman–Crippen MR) is 333 cm³/mol. The van der Waals surface area contributed by atoms with Gasteiger partial charge in [-0.05, 0) is 94.5 Å². The number of carbonyl (C=O) groups excluding carboxylic acids is 11. The fraction of sp³-hybridized carbons (Fsp3) is 0.734. The maximum atomic E-state index is 14.5. The third kappa shape index (κ3) is 22.8. The van der Waals surface area contributed by atoms with Crippen LogP contribution in [0.2, 0.25) is 0 Å². The molecule has 2 aliphatic heterocycles. The van der Waals surface area contributed by atoms with E-state index in [1.807, 2.05) is 60.5 Å². The molecule has 2 saturated heterocycles. The lowest BCUT2D eigenvalue weighted by molar-refractivity contribution is -0.149. The Morgan fingerprint density at radius 3 is 1.90 bits per heavy atom. The van der Waals surface area contributed by atoms with Crippen molar-refractivity contribution >= 4 is 64.5 Å². The van der Waals surface area contributed by atoms with E-state index in [1.54, 1.807) is 52.9 Å². The summed E-state index contributed by atoms with van der Waals surface area (Å²) < 4.78 is 12.1. The molecule has 492 valence electrons. The summed E-state index contributed by atoms with van der Waals surface area (Å²) in [7, 11) is 8.50. The third-order valence-electron chi connectivity index (χ3n) is 17.8. The molecule has 12 atom stereocenters. The first kappa shape index (κ1) is 75.6. The third-order valence-corrected chi connectivity index (χ3v) is 17.8. The SMILES string of the molecule is CC[C@H](C)[C@@H]([C@@H](CC(=O)N1CCC[C@H]1[C@H](OC)[C@@H](C)C(=O)N[C@H](CN=[N+]=[N-])Cc1ccc(CC(=O)[C@H](CC(N)=O)NC(=O)[C@H](C)CC(=O)[C@H](C)NC(=O)CCC(=O)N2CCC(C(C)=O)CC2)cc1)OC)N(C)C(=O)[C@@H](CC(=O)[C@H](C(C)C)N(C)C)C(C)C. The number of amides is 7. The molecule has 7 amide bonds. The molecule has 24 heteroatoms. The van der Waals surface area contributed by atoms with E-state index in [4.69, 9.17) is 15.2 Å². The molecular weight excluding hydrogens is 1130 g/mol. The van der Waals surface area contributed by atoms with E-state index in [0.29, 0.717) is 62.9 Å². The van der Waals surface area contributed by atoms with E-state index in [0.717, 1.165) is 0 Å². The van der Waals surface area contributed by atoms with Crippen LogP contribution < -0.4 is 21.7 Å². The van der Waals surface area contributed by atoms with E-state index < -0.39 is 102 Å². The Kier molecular flexibility index (Phi) is 31.6. The highest BCUT2D eigenvalue weighted by Crippen LogP contribution is 2.31. The van der Waals surface area contributed by atoms with Crippen molar-refractivity contribution < 1.29 is 62.2 Å². The van der Waals surface area contributed by atoms with Gasteiger partial charge in [-0.1, -0.05) is 91.2 Å². The average Bonchev–Trinajstić information content (AvgIpc) is 2.20. The zero-order valence-corrected chi connectivity index (χ0v) is 55.0. The van der Waals surface area contributed by atoms with E-state index >= 15 is 0 Å². The molecule has 1 aromatic rings. The number of methoxy groups -OCH3 is 2. The Hall–Kier alpha value is -6.62. The first-order valence-corrected chi connectivity index (χ1v) is 31.3. The van der Waals surface area contributed by atoms with Crippen molar-refractivity contribution in [2.24, 2.45) is 52.3 Å². The second-order valence-electron chi connectivity index (χ2n) is 25.4. The minimum Gasteiger partial charge on any atom is -0.379 e. The van der Waals surface area contributed by atoms with Crippen LogP contribution >= 0.6 is 0 Å². The smallest absolute Gasteiger partial charge is 0.226 e. The lowest BCUT2D eigenvalue weighted by Gasteiger charge is -2.41. The molecule has 2 fully saturated rings. The Morgan fingerprint density at radius 1 is 0.739 bits per heavy atom. The largest absolute Gasteiger partial charge is 0.379 e. The van der Waals surface area contributed by atoms with Gasteiger partial charge in [0.15, 0.2) is 17.3 Å². The van der Waals surface area contributed by atoms with Gasteiger partial charge in [0, 0.05) is 108 Å². The van der Waals surface area contributed by atoms with Gasteiger partial charge in [0.05, 0.1) is 61.2 Å². The average molecular weight is 1230 g/mol. The number of azide groups is 1. The van der Waals surface area contributed by atoms with Gasteiger partial charge in [-0.25, -0.2) is 0 Å². The number of nitrogens with zero attached hydrogens (tertiary/aromatic N) is 7. The minimum absolute atomic E-state index is 0.00357. The number of carbonyl (C=O) groups is 11. The summed E-state index contributed by atoms with van der Waals surface area (Å²) in [6, 6.07) is 2.54. The first-order chi connectivity index (χ1) is 41.4. The van der Waals surface area contributed by atoms with Gasteiger partial charge in [-0.3, -0.25) is 57.6 Å². The number of nitrogens with one attached hydrogen (secondary N) is 3. The van der Waals surface area contributed by atoms with Gasteiger partial charge < -0.3 is 45.9 Å². The van der Waals surface area contributed by atoms with Crippen LogP contribution in [-0.2, 0) is 75.1 Å². The van der Waals surface area contributed by atoms with Crippen molar-refractivity contribution in [1.29, 1.82) is 0 Å². The second-order valence-corrected chi connectivity index (χ2v) is 25.4. The number of benzene rings is 1. The van der Waals surface area contributed by atoms with Crippen LogP contribution in [0.5, 0.6) is 0 Å². The summed E-state index contributed by atoms with van der Waals surface area (Å²) in [6.07, 6.45) is 0.692. The van der Waals surface area contributed by atoms with Crippen LogP contribution in [0, 0.1) is 41.4 Å². The van der Waals surface area contributed by atoms with Gasteiger partial charge in [0.25, 0.3) is 0 Å². The molecule has 3 rings (SSSR count). The molecular formula is C64H103N11O13. The fourth-order valence-corrected chi connectivity index (χ4v) is 12.4. The number of primary amides is 1. The molecule has 5 N–H and O–H groups in total. The van der Waals surface area contributed by atoms with Crippen LogP contribution in [0.4, 0.5) is 0 Å². The summed E-state index contributed by atoms with van der Waals surface area (Å²) in [5.41, 5.74) is 16.0. The molecule has 2 heterocycles. The molecule has 0 unspecified atom stereocenters. The molecule has 1 aromatic carbocycles. The molecule has 0 saturated carbocycles. The Labute approximate surface area is 521 Å². The van der Waals surface area contributed by atoms with E-state index in [1.165, 1.54) is 35.0 Å². The lowest BCUT2D eigenvalue weighted by Crippen LogP contribution is -2.54. The van der Waals surface area contributed by atoms with Crippen LogP contribution in [0.1, 0.15) is 151 Å². The molecule has 0 aromatic heterocycles. The number of likely N-dealkylation sites (tertiary alicyclic amines) is 2. The minimum atomic E-state index is -1.31. The van der Waals surface area contributed by atoms with E-state index in [9.17, 15) is 58.3 Å². The molecule has 0 bridgehead atoms. The Morgan fingerprint density at radius 2 is 1.36 bits per heavy atom. The number of nitrogens with two attached hydrogens (primary N) is 1. The first-order valence-electron chi connectivity index (χ1n) is 31.3.